The van der Waals surface area contributed by atoms with E-state index in [0.29, 0.717) is 42.3 Å². The van der Waals surface area contributed by atoms with Crippen LogP contribution in [0.3, 0.4) is 0 Å². The van der Waals surface area contributed by atoms with E-state index in [1.807, 2.05) is 11.0 Å². The summed E-state index contributed by atoms with van der Waals surface area (Å²) in [6.07, 6.45) is 3.47. The zero-order valence-electron chi connectivity index (χ0n) is 16.9. The third-order valence-corrected chi connectivity index (χ3v) is 5.97. The molecule has 1 aliphatic carbocycles. The molecule has 3 N–H and O–H groups in total. The molecule has 0 unspecified atom stereocenters. The topological polar surface area (TPSA) is 103 Å². The van der Waals surface area contributed by atoms with Gasteiger partial charge in [0.1, 0.15) is 11.6 Å². The second kappa shape index (κ2) is 8.54. The van der Waals surface area contributed by atoms with Gasteiger partial charge in [-0.25, -0.2) is 9.97 Å². The Hall–Kier alpha value is -2.94. The molecule has 3 heterocycles. The van der Waals surface area contributed by atoms with Crippen molar-refractivity contribution in [3.05, 3.63) is 63.9 Å². The number of nitrogens with one attached hydrogen (secondary N) is 2. The van der Waals surface area contributed by atoms with Gasteiger partial charge in [0.2, 0.25) is 5.95 Å². The Balaban J connectivity index is 1.35. The molecule has 0 spiro atoms. The summed E-state index contributed by atoms with van der Waals surface area (Å²) in [5.74, 6) is 1.77. The van der Waals surface area contributed by atoms with Crippen LogP contribution in [0.25, 0.3) is 0 Å². The van der Waals surface area contributed by atoms with Crippen molar-refractivity contribution >= 4 is 52.4 Å². The fourth-order valence-electron chi connectivity index (χ4n) is 3.48. The van der Waals surface area contributed by atoms with Crippen LogP contribution in [0.4, 0.5) is 23.3 Å². The summed E-state index contributed by atoms with van der Waals surface area (Å²) in [6.45, 7) is 1.05. The molecule has 2 aliphatic rings. The summed E-state index contributed by atoms with van der Waals surface area (Å²) < 4.78 is 0. The van der Waals surface area contributed by atoms with Crippen molar-refractivity contribution in [3.8, 4) is 0 Å². The number of benzene rings is 1. The molecule has 1 aromatic carbocycles. The zero-order chi connectivity index (χ0) is 22.2. The number of carbonyl (C=O) groups is 1. The fourth-order valence-corrected chi connectivity index (χ4v) is 4.05. The number of β-amino-alcohol motifs (C(OH)–C–C–N with tert-alkyl or cyclic N) is 1. The van der Waals surface area contributed by atoms with Crippen molar-refractivity contribution in [1.29, 1.82) is 0 Å². The molecule has 3 aromatic rings. The van der Waals surface area contributed by atoms with Crippen LogP contribution in [0.5, 0.6) is 0 Å². The molecule has 0 radical (unpaired) electrons. The lowest BCUT2D eigenvalue weighted by Crippen LogP contribution is -2.51. The minimum absolute atomic E-state index is 0.216. The number of hydrogen-bond acceptors (Lipinski definition) is 7. The maximum absolute atomic E-state index is 12.7. The van der Waals surface area contributed by atoms with Crippen LogP contribution in [0.1, 0.15) is 34.8 Å². The van der Waals surface area contributed by atoms with Gasteiger partial charge in [-0.3, -0.25) is 4.79 Å². The van der Waals surface area contributed by atoms with E-state index in [0.717, 1.165) is 18.5 Å². The van der Waals surface area contributed by atoms with Crippen LogP contribution in [-0.4, -0.2) is 45.2 Å². The van der Waals surface area contributed by atoms with Gasteiger partial charge in [0, 0.05) is 43.0 Å². The van der Waals surface area contributed by atoms with Gasteiger partial charge in [0.15, 0.2) is 0 Å². The third kappa shape index (κ3) is 4.48. The summed E-state index contributed by atoms with van der Waals surface area (Å²) in [6, 6.07) is 10.2. The molecule has 1 amide bonds. The van der Waals surface area contributed by atoms with Gasteiger partial charge < -0.3 is 20.6 Å². The van der Waals surface area contributed by atoms with E-state index in [1.54, 1.807) is 36.5 Å². The molecule has 2 fully saturated rings. The first-order valence-electron chi connectivity index (χ1n) is 10.3. The van der Waals surface area contributed by atoms with Crippen LogP contribution >= 0.6 is 23.2 Å². The lowest BCUT2D eigenvalue weighted by Gasteiger charge is -2.36. The lowest BCUT2D eigenvalue weighted by atomic mass is 10.2. The quantitative estimate of drug-likeness (QED) is 0.494. The fraction of sp³-hybridized carbons (Fsp3) is 0.273. The van der Waals surface area contributed by atoms with Gasteiger partial charge in [0.05, 0.1) is 27.4 Å². The molecule has 8 nitrogen and oxygen atoms in total. The Labute approximate surface area is 194 Å². The second-order valence-corrected chi connectivity index (χ2v) is 8.73. The maximum atomic E-state index is 12.7. The van der Waals surface area contributed by atoms with Crippen molar-refractivity contribution in [2.45, 2.75) is 24.9 Å². The smallest absolute Gasteiger partial charge is 0.258 e. The normalized spacial score (nSPS) is 15.9. The number of hydrogen-bond donors (Lipinski definition) is 3. The molecule has 5 rings (SSSR count). The van der Waals surface area contributed by atoms with Crippen molar-refractivity contribution in [2.24, 2.45) is 0 Å². The molecule has 1 saturated heterocycles. The van der Waals surface area contributed by atoms with Gasteiger partial charge >= 0.3 is 0 Å². The van der Waals surface area contributed by atoms with Gasteiger partial charge in [0.25, 0.3) is 5.91 Å². The predicted octanol–water partition coefficient (Wildman–Crippen LogP) is 4.23. The van der Waals surface area contributed by atoms with Crippen molar-refractivity contribution in [1.82, 2.24) is 15.0 Å². The molecule has 32 heavy (non-hydrogen) atoms. The highest BCUT2D eigenvalue weighted by atomic mass is 35.5. The van der Waals surface area contributed by atoms with Crippen LogP contribution in [0.15, 0.2) is 42.6 Å². The van der Waals surface area contributed by atoms with E-state index in [4.69, 9.17) is 23.2 Å². The largest absolute Gasteiger partial charge is 0.389 e. The summed E-state index contributed by atoms with van der Waals surface area (Å²) >= 11 is 12.3. The molecule has 2 aromatic heterocycles. The Morgan fingerprint density at radius 3 is 2.50 bits per heavy atom. The number of amides is 1. The molecule has 0 bridgehead atoms. The maximum Gasteiger partial charge on any atom is 0.258 e. The highest BCUT2D eigenvalue weighted by Crippen LogP contribution is 2.40. The van der Waals surface area contributed by atoms with E-state index in [2.05, 4.69) is 25.6 Å². The van der Waals surface area contributed by atoms with E-state index in [-0.39, 0.29) is 21.7 Å². The summed E-state index contributed by atoms with van der Waals surface area (Å²) in [5.41, 5.74) is 1.73. The standard InChI is InChI=1S/C22H20Cl2N6O2/c23-15-2-1-3-16(24)20(15)21(32)26-13-6-7-25-18(8-13)28-19-9-17(12-4-5-12)27-22(29-19)30-10-14(31)11-30/h1-3,6-9,12,14,31H,4-5,10-11H2,(H2,25,26,27,28,29,32). The minimum Gasteiger partial charge on any atom is -0.389 e. The first kappa shape index (κ1) is 20.9. The average Bonchev–Trinajstić information content (AvgIpc) is 3.57. The minimum atomic E-state index is -0.408. The van der Waals surface area contributed by atoms with E-state index < -0.39 is 5.91 Å². The molecule has 164 valence electrons. The van der Waals surface area contributed by atoms with Crippen LogP contribution in [0.2, 0.25) is 10.0 Å². The third-order valence-electron chi connectivity index (χ3n) is 5.34. The highest BCUT2D eigenvalue weighted by Gasteiger charge is 2.30. The van der Waals surface area contributed by atoms with E-state index in [9.17, 15) is 9.90 Å². The number of aliphatic hydroxyl groups is 1. The Morgan fingerprint density at radius 2 is 1.81 bits per heavy atom. The number of anilines is 4. The Bertz CT molecular complexity index is 1160. The van der Waals surface area contributed by atoms with Gasteiger partial charge in [-0.15, -0.1) is 0 Å². The summed E-state index contributed by atoms with van der Waals surface area (Å²) in [5, 5.41) is 16.2. The number of rotatable bonds is 6. The van der Waals surface area contributed by atoms with Crippen molar-refractivity contribution in [2.75, 3.05) is 28.6 Å². The number of pyridine rings is 1. The Kier molecular flexibility index (Phi) is 5.58. The zero-order valence-corrected chi connectivity index (χ0v) is 18.4. The molecule has 1 aliphatic heterocycles. The van der Waals surface area contributed by atoms with Gasteiger partial charge in [-0.05, 0) is 31.0 Å². The highest BCUT2D eigenvalue weighted by molar-refractivity contribution is 6.40. The summed E-state index contributed by atoms with van der Waals surface area (Å²) in [7, 11) is 0. The second-order valence-electron chi connectivity index (χ2n) is 7.92. The SMILES string of the molecule is O=C(Nc1ccnc(Nc2cc(C3CC3)nc(N3CC(O)C3)n2)c1)c1c(Cl)cccc1Cl. The monoisotopic (exact) mass is 470 g/mol. The molecule has 0 atom stereocenters. The van der Waals surface area contributed by atoms with Crippen molar-refractivity contribution in [3.63, 3.8) is 0 Å². The number of aliphatic hydroxyl groups excluding tert-OH is 1. The van der Waals surface area contributed by atoms with Crippen molar-refractivity contribution < 1.29 is 9.90 Å². The number of carbonyl (C=O) groups excluding carboxylic acids is 1. The molecular weight excluding hydrogens is 451 g/mol. The lowest BCUT2D eigenvalue weighted by molar-refractivity contribution is 0.102. The van der Waals surface area contributed by atoms with E-state index >= 15 is 0 Å². The first-order valence-corrected chi connectivity index (χ1v) is 11.0. The number of aromatic nitrogens is 3. The van der Waals surface area contributed by atoms with Gasteiger partial charge in [-0.1, -0.05) is 29.3 Å². The van der Waals surface area contributed by atoms with Crippen LogP contribution in [0, 0.1) is 0 Å². The van der Waals surface area contributed by atoms with E-state index in [1.165, 1.54) is 0 Å². The number of halogens is 2. The predicted molar refractivity (Wildman–Crippen MR) is 124 cm³/mol. The average molecular weight is 471 g/mol. The number of nitrogens with zero attached hydrogens (tertiary/aromatic N) is 4. The first-order chi connectivity index (χ1) is 15.5. The summed E-state index contributed by atoms with van der Waals surface area (Å²) in [4.78, 5) is 28.2. The van der Waals surface area contributed by atoms with Crippen LogP contribution < -0.4 is 15.5 Å². The molecule has 10 heteroatoms. The van der Waals surface area contributed by atoms with Gasteiger partial charge in [-0.2, -0.15) is 4.98 Å². The Morgan fingerprint density at radius 1 is 1.06 bits per heavy atom. The molecule has 1 saturated carbocycles. The molecular formula is C22H20Cl2N6O2. The van der Waals surface area contributed by atoms with Crippen LogP contribution in [-0.2, 0) is 0 Å².